The monoisotopic (exact) mass is 488 g/mol. The van der Waals surface area contributed by atoms with Crippen molar-refractivity contribution in [1.29, 1.82) is 5.26 Å². The Morgan fingerprint density at radius 3 is 2.74 bits per heavy atom. The Labute approximate surface area is 209 Å². The van der Waals surface area contributed by atoms with E-state index in [0.29, 0.717) is 35.8 Å². The topological polar surface area (TPSA) is 95.3 Å². The van der Waals surface area contributed by atoms with Crippen molar-refractivity contribution in [2.24, 2.45) is 5.92 Å². The molecule has 3 aromatic rings. The average Bonchev–Trinajstić information content (AvgIpc) is 3.23. The third-order valence-corrected chi connectivity index (χ3v) is 7.47. The van der Waals surface area contributed by atoms with Crippen LogP contribution in [-0.4, -0.2) is 30.6 Å². The van der Waals surface area contributed by atoms with Gasteiger partial charge in [-0.25, -0.2) is 9.78 Å². The first-order chi connectivity index (χ1) is 17.0. The maximum absolute atomic E-state index is 12.7. The van der Waals surface area contributed by atoms with Gasteiger partial charge in [-0.2, -0.15) is 5.26 Å². The highest BCUT2D eigenvalue weighted by Crippen LogP contribution is 2.39. The number of thiophene rings is 1. The van der Waals surface area contributed by atoms with Gasteiger partial charge in [-0.1, -0.05) is 43.3 Å². The van der Waals surface area contributed by atoms with E-state index in [2.05, 4.69) is 16.4 Å². The molecule has 0 saturated carbocycles. The van der Waals surface area contributed by atoms with Gasteiger partial charge in [0.2, 0.25) is 5.91 Å². The molecule has 0 aliphatic heterocycles. The number of nitriles is 1. The molecule has 2 amide bonds. The lowest BCUT2D eigenvalue weighted by molar-refractivity contribution is -0.116. The molecule has 1 N–H and O–H groups in total. The second kappa shape index (κ2) is 11.2. The van der Waals surface area contributed by atoms with Gasteiger partial charge in [0.15, 0.2) is 0 Å². The van der Waals surface area contributed by atoms with Crippen LogP contribution < -0.4 is 10.2 Å². The summed E-state index contributed by atoms with van der Waals surface area (Å²) in [4.78, 5) is 31.8. The second-order valence-corrected chi connectivity index (χ2v) is 9.92. The SMILES string of the molecule is CC(CC(=O)Nc1sc2c(c1C#N)CCC(COC(=O)N(C)c1ccccn1)C2)c1ccccc1. The zero-order valence-electron chi connectivity index (χ0n) is 19.9. The van der Waals surface area contributed by atoms with Crippen molar-refractivity contribution in [3.05, 3.63) is 76.3 Å². The van der Waals surface area contributed by atoms with Crippen LogP contribution in [0.15, 0.2) is 54.7 Å². The lowest BCUT2D eigenvalue weighted by atomic mass is 9.88. The van der Waals surface area contributed by atoms with Crippen LogP contribution in [-0.2, 0) is 22.4 Å². The van der Waals surface area contributed by atoms with Crippen molar-refractivity contribution in [3.63, 3.8) is 0 Å². The van der Waals surface area contributed by atoms with Crippen LogP contribution in [0.3, 0.4) is 0 Å². The van der Waals surface area contributed by atoms with E-state index < -0.39 is 6.09 Å². The van der Waals surface area contributed by atoms with Gasteiger partial charge in [0.25, 0.3) is 0 Å². The Hall–Kier alpha value is -3.70. The molecule has 1 aromatic carbocycles. The standard InChI is InChI=1S/C27H28N4O3S/c1-18(20-8-4-3-5-9-20)14-25(32)30-26-22(16-28)21-12-11-19(15-23(21)35-26)17-34-27(33)31(2)24-10-6-7-13-29-24/h3-10,13,18-19H,11-12,14-15,17H2,1-2H3,(H,30,32). The van der Waals surface area contributed by atoms with E-state index in [0.717, 1.165) is 28.8 Å². The minimum Gasteiger partial charge on any atom is -0.449 e. The molecule has 2 atom stereocenters. The first kappa shape index (κ1) is 24.4. The molecule has 8 heteroatoms. The van der Waals surface area contributed by atoms with Gasteiger partial charge < -0.3 is 10.1 Å². The van der Waals surface area contributed by atoms with Crippen molar-refractivity contribution in [2.75, 3.05) is 23.9 Å². The average molecular weight is 489 g/mol. The lowest BCUT2D eigenvalue weighted by Crippen LogP contribution is -2.30. The zero-order valence-corrected chi connectivity index (χ0v) is 20.7. The van der Waals surface area contributed by atoms with Crippen LogP contribution in [0.2, 0.25) is 0 Å². The van der Waals surface area contributed by atoms with Crippen molar-refractivity contribution in [2.45, 2.75) is 38.5 Å². The molecule has 1 aliphatic carbocycles. The highest BCUT2D eigenvalue weighted by atomic mass is 32.1. The molecule has 2 unspecified atom stereocenters. The maximum atomic E-state index is 12.7. The molecule has 0 fully saturated rings. The molecule has 0 bridgehead atoms. The lowest BCUT2D eigenvalue weighted by Gasteiger charge is -2.23. The van der Waals surface area contributed by atoms with E-state index in [1.165, 1.54) is 16.2 Å². The summed E-state index contributed by atoms with van der Waals surface area (Å²) >= 11 is 1.46. The minimum atomic E-state index is -0.445. The summed E-state index contributed by atoms with van der Waals surface area (Å²) in [5, 5.41) is 13.4. The Kier molecular flexibility index (Phi) is 7.78. The van der Waals surface area contributed by atoms with Gasteiger partial charge in [-0.05, 0) is 54.4 Å². The van der Waals surface area contributed by atoms with Gasteiger partial charge in [0.05, 0.1) is 12.2 Å². The minimum absolute atomic E-state index is 0.0830. The molecule has 35 heavy (non-hydrogen) atoms. The van der Waals surface area contributed by atoms with Crippen molar-refractivity contribution < 1.29 is 14.3 Å². The third-order valence-electron chi connectivity index (χ3n) is 6.30. The van der Waals surface area contributed by atoms with Crippen LogP contribution in [0.5, 0.6) is 0 Å². The molecule has 2 aromatic heterocycles. The van der Waals surface area contributed by atoms with Crippen LogP contribution in [0, 0.1) is 17.2 Å². The van der Waals surface area contributed by atoms with Gasteiger partial charge >= 0.3 is 6.09 Å². The summed E-state index contributed by atoms with van der Waals surface area (Å²) in [6.45, 7) is 2.32. The van der Waals surface area contributed by atoms with E-state index in [1.54, 1.807) is 25.4 Å². The molecule has 0 saturated heterocycles. The van der Waals surface area contributed by atoms with Gasteiger partial charge in [0.1, 0.15) is 16.9 Å². The summed E-state index contributed by atoms with van der Waals surface area (Å²) in [5.41, 5.74) is 2.69. The number of hydrogen-bond acceptors (Lipinski definition) is 6. The number of anilines is 2. The van der Waals surface area contributed by atoms with Crippen molar-refractivity contribution in [3.8, 4) is 6.07 Å². The number of carbonyl (C=O) groups is 2. The molecule has 180 valence electrons. The van der Waals surface area contributed by atoms with Crippen LogP contribution in [0.1, 0.15) is 47.3 Å². The number of pyridine rings is 1. The number of hydrogen-bond donors (Lipinski definition) is 1. The number of rotatable bonds is 7. The summed E-state index contributed by atoms with van der Waals surface area (Å²) < 4.78 is 5.54. The number of benzene rings is 1. The molecule has 0 spiro atoms. The van der Waals surface area contributed by atoms with Crippen molar-refractivity contribution >= 4 is 34.2 Å². The number of aromatic nitrogens is 1. The van der Waals surface area contributed by atoms with E-state index in [9.17, 15) is 14.9 Å². The largest absolute Gasteiger partial charge is 0.449 e. The Morgan fingerprint density at radius 2 is 2.03 bits per heavy atom. The number of fused-ring (bicyclic) bond motifs is 1. The predicted molar refractivity (Wildman–Crippen MR) is 137 cm³/mol. The predicted octanol–water partition coefficient (Wildman–Crippen LogP) is 5.52. The smallest absolute Gasteiger partial charge is 0.415 e. The fourth-order valence-corrected chi connectivity index (χ4v) is 5.62. The Morgan fingerprint density at radius 1 is 1.26 bits per heavy atom. The Bertz CT molecular complexity index is 1220. The molecule has 2 heterocycles. The normalized spacial score (nSPS) is 15.4. The highest BCUT2D eigenvalue weighted by Gasteiger charge is 2.28. The zero-order chi connectivity index (χ0) is 24.8. The number of nitrogens with one attached hydrogen (secondary N) is 1. The fourth-order valence-electron chi connectivity index (χ4n) is 4.29. The third kappa shape index (κ3) is 5.87. The molecule has 4 rings (SSSR count). The van der Waals surface area contributed by atoms with E-state index in [4.69, 9.17) is 4.74 Å². The number of ether oxygens (including phenoxy) is 1. The second-order valence-electron chi connectivity index (χ2n) is 8.82. The first-order valence-electron chi connectivity index (χ1n) is 11.7. The van der Waals surface area contributed by atoms with E-state index >= 15 is 0 Å². The van der Waals surface area contributed by atoms with E-state index in [1.807, 2.05) is 43.3 Å². The molecular weight excluding hydrogens is 460 g/mol. The summed E-state index contributed by atoms with van der Waals surface area (Å²) in [6, 6.07) is 17.6. The molecule has 0 radical (unpaired) electrons. The molecule has 7 nitrogen and oxygen atoms in total. The van der Waals surface area contributed by atoms with Crippen LogP contribution in [0.25, 0.3) is 0 Å². The first-order valence-corrected chi connectivity index (χ1v) is 12.5. The highest BCUT2D eigenvalue weighted by molar-refractivity contribution is 7.16. The maximum Gasteiger partial charge on any atom is 0.415 e. The van der Waals surface area contributed by atoms with Crippen LogP contribution in [0.4, 0.5) is 15.6 Å². The number of carbonyl (C=O) groups excluding carboxylic acids is 2. The number of nitrogens with zero attached hydrogens (tertiary/aromatic N) is 3. The van der Waals surface area contributed by atoms with Crippen molar-refractivity contribution in [1.82, 2.24) is 4.98 Å². The summed E-state index contributed by atoms with van der Waals surface area (Å²) in [7, 11) is 1.63. The van der Waals surface area contributed by atoms with Crippen LogP contribution >= 0.6 is 11.3 Å². The molecular formula is C27H28N4O3S. The van der Waals surface area contributed by atoms with Gasteiger partial charge in [0, 0.05) is 24.5 Å². The number of amides is 2. The fraction of sp³-hybridized carbons (Fsp3) is 0.333. The molecule has 1 aliphatic rings. The Balaban J connectivity index is 1.35. The van der Waals surface area contributed by atoms with Gasteiger partial charge in [-0.15, -0.1) is 11.3 Å². The quantitative estimate of drug-likeness (QED) is 0.472. The van der Waals surface area contributed by atoms with Gasteiger partial charge in [-0.3, -0.25) is 9.69 Å². The summed E-state index contributed by atoms with van der Waals surface area (Å²) in [6.07, 6.45) is 3.79. The van der Waals surface area contributed by atoms with E-state index in [-0.39, 0.29) is 17.7 Å². The summed E-state index contributed by atoms with van der Waals surface area (Å²) in [5.74, 6) is 0.678.